The molecule has 3 rings (SSSR count). The number of hydrogen-bond donors (Lipinski definition) is 0. The van der Waals surface area contributed by atoms with E-state index >= 15 is 0 Å². The van der Waals surface area contributed by atoms with Crippen LogP contribution in [0, 0.1) is 0 Å². The maximum atomic E-state index is 12.1. The first-order valence-electron chi connectivity index (χ1n) is 6.07. The molecular formula is C16H16O. The zero-order valence-corrected chi connectivity index (χ0v) is 10.2. The van der Waals surface area contributed by atoms with E-state index in [9.17, 15) is 4.79 Å². The van der Waals surface area contributed by atoms with Gasteiger partial charge in [0.2, 0.25) is 0 Å². The lowest BCUT2D eigenvalue weighted by atomic mass is 9.85. The quantitative estimate of drug-likeness (QED) is 0.567. The predicted octanol–water partition coefficient (Wildman–Crippen LogP) is 3.85. The smallest absolute Gasteiger partial charge is 0.193 e. The van der Waals surface area contributed by atoms with Crippen LogP contribution < -0.4 is 0 Å². The summed E-state index contributed by atoms with van der Waals surface area (Å²) in [4.78, 5) is 12.1. The second-order valence-electron chi connectivity index (χ2n) is 3.82. The van der Waals surface area contributed by atoms with Gasteiger partial charge in [-0.05, 0) is 17.5 Å². The molecule has 0 aromatic heterocycles. The van der Waals surface area contributed by atoms with Crippen molar-refractivity contribution in [1.82, 2.24) is 0 Å². The minimum Gasteiger partial charge on any atom is -0.289 e. The zero-order chi connectivity index (χ0) is 12.3. The van der Waals surface area contributed by atoms with Crippen LogP contribution in [0.15, 0.2) is 48.5 Å². The molecule has 0 amide bonds. The fraction of sp³-hybridized carbons (Fsp3) is 0.188. The minimum atomic E-state index is 0.160. The average Bonchev–Trinajstić information content (AvgIpc) is 2.41. The van der Waals surface area contributed by atoms with Gasteiger partial charge in [-0.1, -0.05) is 62.4 Å². The van der Waals surface area contributed by atoms with E-state index in [2.05, 4.69) is 0 Å². The third-order valence-electron chi connectivity index (χ3n) is 2.90. The second kappa shape index (κ2) is 4.96. The number of fused-ring (bicyclic) bond motifs is 2. The second-order valence-corrected chi connectivity index (χ2v) is 3.82. The minimum absolute atomic E-state index is 0.160. The van der Waals surface area contributed by atoms with Crippen molar-refractivity contribution in [2.45, 2.75) is 20.3 Å². The molecule has 1 aliphatic carbocycles. The fourth-order valence-corrected chi connectivity index (χ4v) is 2.14. The summed E-state index contributed by atoms with van der Waals surface area (Å²) in [6.45, 7) is 4.00. The lowest BCUT2D eigenvalue weighted by Crippen LogP contribution is -2.14. The van der Waals surface area contributed by atoms with Crippen molar-refractivity contribution < 1.29 is 4.79 Å². The Kier molecular flexibility index (Phi) is 3.38. The van der Waals surface area contributed by atoms with Crippen LogP contribution in [0.5, 0.6) is 0 Å². The lowest BCUT2D eigenvalue weighted by Gasteiger charge is -2.17. The van der Waals surface area contributed by atoms with Crippen molar-refractivity contribution in [2.75, 3.05) is 0 Å². The van der Waals surface area contributed by atoms with Crippen molar-refractivity contribution in [1.29, 1.82) is 0 Å². The van der Waals surface area contributed by atoms with E-state index in [1.165, 1.54) is 0 Å². The molecule has 0 atom stereocenters. The molecule has 2 aromatic carbocycles. The van der Waals surface area contributed by atoms with E-state index in [-0.39, 0.29) is 5.78 Å². The van der Waals surface area contributed by atoms with E-state index in [1.54, 1.807) is 0 Å². The van der Waals surface area contributed by atoms with Crippen LogP contribution in [-0.4, -0.2) is 5.78 Å². The molecule has 2 aromatic rings. The number of carbonyl (C=O) groups excluding carboxylic acids is 1. The summed E-state index contributed by atoms with van der Waals surface area (Å²) in [6, 6.07) is 15.7. The van der Waals surface area contributed by atoms with Crippen LogP contribution in [0.4, 0.5) is 0 Å². The summed E-state index contributed by atoms with van der Waals surface area (Å²) in [7, 11) is 0. The maximum absolute atomic E-state index is 12.1. The van der Waals surface area contributed by atoms with Crippen molar-refractivity contribution in [3.05, 3.63) is 70.8 Å². The summed E-state index contributed by atoms with van der Waals surface area (Å²) in [5, 5.41) is 0. The normalized spacial score (nSPS) is 12.0. The number of ketones is 1. The molecule has 0 heterocycles. The number of hydrogen-bond acceptors (Lipinski definition) is 1. The summed E-state index contributed by atoms with van der Waals surface area (Å²) >= 11 is 0. The molecule has 0 unspecified atom stereocenters. The van der Waals surface area contributed by atoms with E-state index in [0.29, 0.717) is 0 Å². The Hall–Kier alpha value is -1.89. The van der Waals surface area contributed by atoms with Crippen LogP contribution in [-0.2, 0) is 6.42 Å². The Morgan fingerprint density at radius 3 is 1.65 bits per heavy atom. The van der Waals surface area contributed by atoms with Gasteiger partial charge in [0.25, 0.3) is 0 Å². The van der Waals surface area contributed by atoms with Gasteiger partial charge >= 0.3 is 0 Å². The molecule has 0 saturated heterocycles. The SMILES string of the molecule is CC.O=C1c2ccccc2Cc2ccccc21. The molecular weight excluding hydrogens is 208 g/mol. The Bertz CT molecular complexity index is 493. The Morgan fingerprint density at radius 1 is 0.765 bits per heavy atom. The van der Waals surface area contributed by atoms with Gasteiger partial charge in [0.05, 0.1) is 0 Å². The molecule has 1 heteroatoms. The average molecular weight is 224 g/mol. The molecule has 17 heavy (non-hydrogen) atoms. The Morgan fingerprint density at radius 2 is 1.18 bits per heavy atom. The van der Waals surface area contributed by atoms with E-state index in [1.807, 2.05) is 62.4 Å². The number of benzene rings is 2. The molecule has 0 spiro atoms. The van der Waals surface area contributed by atoms with Crippen molar-refractivity contribution in [2.24, 2.45) is 0 Å². The lowest BCUT2D eigenvalue weighted by molar-refractivity contribution is 0.103. The summed E-state index contributed by atoms with van der Waals surface area (Å²) in [6.07, 6.45) is 0.873. The highest BCUT2D eigenvalue weighted by Crippen LogP contribution is 2.26. The maximum Gasteiger partial charge on any atom is 0.193 e. The first kappa shape index (κ1) is 11.6. The summed E-state index contributed by atoms with van der Waals surface area (Å²) < 4.78 is 0. The van der Waals surface area contributed by atoms with Gasteiger partial charge < -0.3 is 0 Å². The summed E-state index contributed by atoms with van der Waals surface area (Å²) in [5.74, 6) is 0.160. The van der Waals surface area contributed by atoms with Gasteiger partial charge in [-0.25, -0.2) is 0 Å². The molecule has 0 fully saturated rings. The fourth-order valence-electron chi connectivity index (χ4n) is 2.14. The molecule has 1 nitrogen and oxygen atoms in total. The van der Waals surface area contributed by atoms with Crippen LogP contribution in [0.2, 0.25) is 0 Å². The molecule has 0 aliphatic heterocycles. The van der Waals surface area contributed by atoms with Gasteiger partial charge in [0.1, 0.15) is 0 Å². The standard InChI is InChI=1S/C14H10O.C2H6/c15-14-12-7-3-1-5-10(12)9-11-6-2-4-8-13(11)14;1-2/h1-8H,9H2;1-2H3. The highest BCUT2D eigenvalue weighted by Gasteiger charge is 2.21. The molecule has 86 valence electrons. The van der Waals surface area contributed by atoms with Gasteiger partial charge in [-0.3, -0.25) is 4.79 Å². The zero-order valence-electron chi connectivity index (χ0n) is 10.2. The van der Waals surface area contributed by atoms with Crippen LogP contribution in [0.1, 0.15) is 40.9 Å². The van der Waals surface area contributed by atoms with Gasteiger partial charge in [0, 0.05) is 11.1 Å². The van der Waals surface area contributed by atoms with Crippen LogP contribution in [0.3, 0.4) is 0 Å². The third-order valence-corrected chi connectivity index (χ3v) is 2.90. The van der Waals surface area contributed by atoms with Crippen molar-refractivity contribution >= 4 is 5.78 Å². The van der Waals surface area contributed by atoms with Gasteiger partial charge in [0.15, 0.2) is 5.78 Å². The Balaban J connectivity index is 0.000000514. The molecule has 0 radical (unpaired) electrons. The molecule has 0 N–H and O–H groups in total. The van der Waals surface area contributed by atoms with E-state index < -0.39 is 0 Å². The van der Waals surface area contributed by atoms with Crippen molar-refractivity contribution in [3.8, 4) is 0 Å². The molecule has 0 saturated carbocycles. The molecule has 0 bridgehead atoms. The summed E-state index contributed by atoms with van der Waals surface area (Å²) in [5.41, 5.74) is 4.00. The number of carbonyl (C=O) groups is 1. The number of rotatable bonds is 0. The van der Waals surface area contributed by atoms with Crippen molar-refractivity contribution in [3.63, 3.8) is 0 Å². The topological polar surface area (TPSA) is 17.1 Å². The largest absolute Gasteiger partial charge is 0.289 e. The van der Waals surface area contributed by atoms with Crippen LogP contribution in [0.25, 0.3) is 0 Å². The van der Waals surface area contributed by atoms with Gasteiger partial charge in [-0.15, -0.1) is 0 Å². The highest BCUT2D eigenvalue weighted by molar-refractivity contribution is 6.12. The Labute approximate surface area is 102 Å². The van der Waals surface area contributed by atoms with Gasteiger partial charge in [-0.2, -0.15) is 0 Å². The monoisotopic (exact) mass is 224 g/mol. The third kappa shape index (κ3) is 2.01. The van der Waals surface area contributed by atoms with E-state index in [0.717, 1.165) is 28.7 Å². The first-order chi connectivity index (χ1) is 8.36. The first-order valence-corrected chi connectivity index (χ1v) is 6.07. The predicted molar refractivity (Wildman–Crippen MR) is 70.5 cm³/mol. The highest BCUT2D eigenvalue weighted by atomic mass is 16.1. The van der Waals surface area contributed by atoms with E-state index in [4.69, 9.17) is 0 Å². The molecule has 1 aliphatic rings. The van der Waals surface area contributed by atoms with Crippen LogP contribution >= 0.6 is 0 Å².